The third-order valence-corrected chi connectivity index (χ3v) is 3.44. The van der Waals surface area contributed by atoms with Crippen molar-refractivity contribution in [2.24, 2.45) is 0 Å². The van der Waals surface area contributed by atoms with Gasteiger partial charge in [0.25, 0.3) is 0 Å². The second kappa shape index (κ2) is 3.89. The van der Waals surface area contributed by atoms with Gasteiger partial charge in [0.15, 0.2) is 0 Å². The lowest BCUT2D eigenvalue weighted by Gasteiger charge is -2.21. The first-order chi connectivity index (χ1) is 7.43. The van der Waals surface area contributed by atoms with Crippen molar-refractivity contribution >= 4 is 0 Å². The molecule has 3 heteroatoms. The van der Waals surface area contributed by atoms with E-state index < -0.39 is 0 Å². The molecular weight excluding hydrogens is 186 g/mol. The van der Waals surface area contributed by atoms with Gasteiger partial charge in [-0.1, -0.05) is 0 Å². The van der Waals surface area contributed by atoms with Gasteiger partial charge in [-0.3, -0.25) is 0 Å². The molecule has 1 aromatic rings. The van der Waals surface area contributed by atoms with Crippen molar-refractivity contribution in [2.75, 3.05) is 13.1 Å². The van der Waals surface area contributed by atoms with Gasteiger partial charge in [0.1, 0.15) is 5.82 Å². The molecule has 2 fully saturated rings. The first-order valence-corrected chi connectivity index (χ1v) is 5.96. The third-order valence-electron chi connectivity index (χ3n) is 3.44. The highest BCUT2D eigenvalue weighted by Gasteiger charge is 2.25. The number of hydrogen-bond acceptors (Lipinski definition) is 3. The first kappa shape index (κ1) is 9.28. The summed E-state index contributed by atoms with van der Waals surface area (Å²) >= 11 is 0. The summed E-state index contributed by atoms with van der Waals surface area (Å²) in [5, 5.41) is 3.37. The third kappa shape index (κ3) is 2.02. The molecule has 3 rings (SSSR count). The summed E-state index contributed by atoms with van der Waals surface area (Å²) < 4.78 is 0. The normalized spacial score (nSPS) is 22.9. The number of rotatable bonds is 2. The summed E-state index contributed by atoms with van der Waals surface area (Å²) in [4.78, 5) is 9.05. The summed E-state index contributed by atoms with van der Waals surface area (Å²) in [6.07, 6.45) is 9.11. The molecule has 0 amide bonds. The number of hydrogen-bond donors (Lipinski definition) is 1. The molecule has 0 spiro atoms. The van der Waals surface area contributed by atoms with Crippen LogP contribution in [0.5, 0.6) is 0 Å². The van der Waals surface area contributed by atoms with Crippen LogP contribution in [0.1, 0.15) is 48.9 Å². The molecule has 0 radical (unpaired) electrons. The van der Waals surface area contributed by atoms with Crippen LogP contribution >= 0.6 is 0 Å². The maximum absolute atomic E-state index is 4.52. The second-order valence-corrected chi connectivity index (χ2v) is 4.67. The molecule has 0 atom stereocenters. The Bertz CT molecular complexity index is 323. The summed E-state index contributed by atoms with van der Waals surface area (Å²) in [6.45, 7) is 2.22. The summed E-state index contributed by atoms with van der Waals surface area (Å²) in [5.41, 5.74) is 1.34. The predicted molar refractivity (Wildman–Crippen MR) is 58.9 cm³/mol. The molecule has 0 aromatic carbocycles. The molecule has 80 valence electrons. The van der Waals surface area contributed by atoms with E-state index in [-0.39, 0.29) is 0 Å². The van der Waals surface area contributed by atoms with Gasteiger partial charge in [-0.25, -0.2) is 9.97 Å². The van der Waals surface area contributed by atoms with Crippen molar-refractivity contribution in [3.8, 4) is 0 Å². The zero-order valence-electron chi connectivity index (χ0n) is 8.95. The summed E-state index contributed by atoms with van der Waals surface area (Å²) in [7, 11) is 0. The fraction of sp³-hybridized carbons (Fsp3) is 0.667. The molecule has 1 aliphatic heterocycles. The van der Waals surface area contributed by atoms with Crippen LogP contribution in [-0.2, 0) is 0 Å². The van der Waals surface area contributed by atoms with Crippen LogP contribution in [0.4, 0.5) is 0 Å². The van der Waals surface area contributed by atoms with Gasteiger partial charge in [-0.05, 0) is 50.3 Å². The smallest absolute Gasteiger partial charge is 0.131 e. The van der Waals surface area contributed by atoms with Gasteiger partial charge >= 0.3 is 0 Å². The van der Waals surface area contributed by atoms with E-state index >= 15 is 0 Å². The monoisotopic (exact) mass is 203 g/mol. The molecular formula is C12H17N3. The van der Waals surface area contributed by atoms with Crippen molar-refractivity contribution in [2.45, 2.75) is 37.5 Å². The SMILES string of the molecule is c1nc(C2CCNCC2)ncc1C1CC1. The molecule has 0 bridgehead atoms. The van der Waals surface area contributed by atoms with Gasteiger partial charge in [0, 0.05) is 18.3 Å². The predicted octanol–water partition coefficient (Wildman–Crippen LogP) is 1.82. The fourth-order valence-electron chi connectivity index (χ4n) is 2.27. The van der Waals surface area contributed by atoms with E-state index in [1.54, 1.807) is 0 Å². The number of aromatic nitrogens is 2. The highest BCUT2D eigenvalue weighted by atomic mass is 14.9. The molecule has 1 saturated heterocycles. The van der Waals surface area contributed by atoms with E-state index in [1.807, 2.05) is 12.4 Å². The van der Waals surface area contributed by atoms with Gasteiger partial charge in [0.05, 0.1) is 0 Å². The minimum absolute atomic E-state index is 0.583. The van der Waals surface area contributed by atoms with Gasteiger partial charge in [0.2, 0.25) is 0 Å². The van der Waals surface area contributed by atoms with Crippen LogP contribution in [0.3, 0.4) is 0 Å². The highest BCUT2D eigenvalue weighted by molar-refractivity contribution is 5.17. The van der Waals surface area contributed by atoms with Crippen molar-refractivity contribution in [1.29, 1.82) is 0 Å². The largest absolute Gasteiger partial charge is 0.317 e. The van der Waals surface area contributed by atoms with Crippen LogP contribution in [0, 0.1) is 0 Å². The van der Waals surface area contributed by atoms with Crippen LogP contribution in [-0.4, -0.2) is 23.1 Å². The fourth-order valence-corrected chi connectivity index (χ4v) is 2.27. The van der Waals surface area contributed by atoms with Crippen LogP contribution in [0.25, 0.3) is 0 Å². The Morgan fingerprint density at radius 1 is 0.933 bits per heavy atom. The highest BCUT2D eigenvalue weighted by Crippen LogP contribution is 2.39. The molecule has 2 heterocycles. The molecule has 1 saturated carbocycles. The lowest BCUT2D eigenvalue weighted by Crippen LogP contribution is -2.27. The average Bonchev–Trinajstić information content (AvgIpc) is 3.15. The Kier molecular flexibility index (Phi) is 2.41. The average molecular weight is 203 g/mol. The second-order valence-electron chi connectivity index (χ2n) is 4.67. The van der Waals surface area contributed by atoms with E-state index in [0.717, 1.165) is 24.8 Å². The van der Waals surface area contributed by atoms with Crippen LogP contribution in [0.2, 0.25) is 0 Å². The Hall–Kier alpha value is -0.960. The summed E-state index contributed by atoms with van der Waals surface area (Å²) in [6, 6.07) is 0. The van der Waals surface area contributed by atoms with Gasteiger partial charge in [-0.2, -0.15) is 0 Å². The van der Waals surface area contributed by atoms with E-state index in [4.69, 9.17) is 0 Å². The molecule has 0 unspecified atom stereocenters. The Morgan fingerprint density at radius 3 is 2.20 bits per heavy atom. The van der Waals surface area contributed by atoms with Crippen molar-refractivity contribution in [1.82, 2.24) is 15.3 Å². The molecule has 1 N–H and O–H groups in total. The number of nitrogens with one attached hydrogen (secondary N) is 1. The zero-order valence-corrected chi connectivity index (χ0v) is 8.95. The standard InChI is InChI=1S/C12H17N3/c1-2-9(1)11-7-14-12(15-8-11)10-3-5-13-6-4-10/h7-10,13H,1-6H2. The van der Waals surface area contributed by atoms with E-state index in [1.165, 1.54) is 31.2 Å². The molecule has 2 aliphatic rings. The molecule has 1 aromatic heterocycles. The van der Waals surface area contributed by atoms with Gasteiger partial charge < -0.3 is 5.32 Å². The van der Waals surface area contributed by atoms with Crippen molar-refractivity contribution in [3.05, 3.63) is 23.8 Å². The lowest BCUT2D eigenvalue weighted by molar-refractivity contribution is 0.444. The topological polar surface area (TPSA) is 37.8 Å². The molecule has 15 heavy (non-hydrogen) atoms. The van der Waals surface area contributed by atoms with Crippen LogP contribution in [0.15, 0.2) is 12.4 Å². The minimum Gasteiger partial charge on any atom is -0.317 e. The quantitative estimate of drug-likeness (QED) is 0.796. The molecule has 1 aliphatic carbocycles. The maximum Gasteiger partial charge on any atom is 0.131 e. The van der Waals surface area contributed by atoms with Crippen molar-refractivity contribution in [3.63, 3.8) is 0 Å². The van der Waals surface area contributed by atoms with Gasteiger partial charge in [-0.15, -0.1) is 0 Å². The Balaban J connectivity index is 1.73. The Morgan fingerprint density at radius 2 is 1.60 bits per heavy atom. The number of nitrogens with zero attached hydrogens (tertiary/aromatic N) is 2. The summed E-state index contributed by atoms with van der Waals surface area (Å²) in [5.74, 6) is 2.41. The van der Waals surface area contributed by atoms with E-state index in [9.17, 15) is 0 Å². The lowest BCUT2D eigenvalue weighted by atomic mass is 9.97. The minimum atomic E-state index is 0.583. The maximum atomic E-state index is 4.52. The zero-order chi connectivity index (χ0) is 10.1. The molecule has 3 nitrogen and oxygen atoms in total. The number of piperidine rings is 1. The first-order valence-electron chi connectivity index (χ1n) is 5.96. The van der Waals surface area contributed by atoms with E-state index in [2.05, 4.69) is 15.3 Å². The van der Waals surface area contributed by atoms with E-state index in [0.29, 0.717) is 5.92 Å². The Labute approximate surface area is 90.3 Å². The van der Waals surface area contributed by atoms with Crippen molar-refractivity contribution < 1.29 is 0 Å². The van der Waals surface area contributed by atoms with Crippen LogP contribution < -0.4 is 5.32 Å².